The second-order valence-corrected chi connectivity index (χ2v) is 8.90. The summed E-state index contributed by atoms with van der Waals surface area (Å²) >= 11 is 0. The molecule has 1 aliphatic carbocycles. The van der Waals surface area contributed by atoms with Crippen LogP contribution in [0.25, 0.3) is 0 Å². The number of aliphatic hydroxyl groups excluding tert-OH is 1. The molecule has 0 radical (unpaired) electrons. The summed E-state index contributed by atoms with van der Waals surface area (Å²) < 4.78 is 5.85. The van der Waals surface area contributed by atoms with Crippen molar-refractivity contribution in [3.05, 3.63) is 102 Å². The number of benzene rings is 3. The zero-order valence-corrected chi connectivity index (χ0v) is 18.8. The highest BCUT2D eigenvalue weighted by Crippen LogP contribution is 2.33. The van der Waals surface area contributed by atoms with Crippen LogP contribution in [0.2, 0.25) is 0 Å². The van der Waals surface area contributed by atoms with E-state index in [1.165, 1.54) is 48.8 Å². The maximum atomic E-state index is 10.4. The largest absolute Gasteiger partial charge is 0.491 e. The van der Waals surface area contributed by atoms with Crippen LogP contribution in [0.1, 0.15) is 60.6 Å². The van der Waals surface area contributed by atoms with Crippen LogP contribution in [-0.2, 0) is 0 Å². The summed E-state index contributed by atoms with van der Waals surface area (Å²) in [5.41, 5.74) is 3.97. The molecule has 4 rings (SSSR count). The Hall–Kier alpha value is -2.62. The molecule has 0 aliphatic heterocycles. The minimum atomic E-state index is -0.555. The van der Waals surface area contributed by atoms with Crippen molar-refractivity contribution in [1.82, 2.24) is 5.32 Å². The number of hydrogen-bond donors (Lipinski definition) is 2. The van der Waals surface area contributed by atoms with Crippen LogP contribution in [0.3, 0.4) is 0 Å². The van der Waals surface area contributed by atoms with Gasteiger partial charge in [0.05, 0.1) is 0 Å². The second-order valence-electron chi connectivity index (χ2n) is 8.90. The van der Waals surface area contributed by atoms with E-state index in [-0.39, 0.29) is 12.5 Å². The number of hydrogen-bond acceptors (Lipinski definition) is 3. The smallest absolute Gasteiger partial charge is 0.119 e. The van der Waals surface area contributed by atoms with Gasteiger partial charge in [-0.05, 0) is 47.6 Å². The van der Waals surface area contributed by atoms with Gasteiger partial charge >= 0.3 is 0 Å². The van der Waals surface area contributed by atoms with Crippen molar-refractivity contribution in [3.63, 3.8) is 0 Å². The third kappa shape index (κ3) is 6.44. The van der Waals surface area contributed by atoms with Crippen molar-refractivity contribution < 1.29 is 9.84 Å². The molecule has 0 heterocycles. The molecule has 3 aromatic rings. The molecule has 0 aromatic heterocycles. The third-order valence-electron chi connectivity index (χ3n) is 6.53. The van der Waals surface area contributed by atoms with E-state index >= 15 is 0 Å². The average Bonchev–Trinajstić information content (AvgIpc) is 2.87. The van der Waals surface area contributed by atoms with E-state index in [0.29, 0.717) is 12.5 Å². The van der Waals surface area contributed by atoms with Gasteiger partial charge in [0, 0.05) is 19.0 Å². The molecular weight excluding hydrogens is 394 g/mol. The summed E-state index contributed by atoms with van der Waals surface area (Å²) in [7, 11) is 0. The minimum Gasteiger partial charge on any atom is -0.491 e. The number of nitrogens with one attached hydrogen (secondary N) is 1. The molecular formula is C29H35NO2. The summed E-state index contributed by atoms with van der Waals surface area (Å²) in [5.74, 6) is 1.78. The Labute approximate surface area is 192 Å². The van der Waals surface area contributed by atoms with Crippen molar-refractivity contribution in [2.75, 3.05) is 19.7 Å². The van der Waals surface area contributed by atoms with E-state index in [2.05, 4.69) is 66.0 Å². The highest BCUT2D eigenvalue weighted by Gasteiger charge is 2.16. The molecule has 0 bridgehead atoms. The van der Waals surface area contributed by atoms with E-state index in [9.17, 15) is 5.11 Å². The fourth-order valence-corrected chi connectivity index (χ4v) is 4.72. The predicted octanol–water partition coefficient (Wildman–Crippen LogP) is 5.90. The first-order chi connectivity index (χ1) is 15.8. The molecule has 0 saturated heterocycles. The van der Waals surface area contributed by atoms with Gasteiger partial charge in [0.2, 0.25) is 0 Å². The lowest BCUT2D eigenvalue weighted by Gasteiger charge is -2.22. The lowest BCUT2D eigenvalue weighted by atomic mass is 9.84. The first-order valence-electron chi connectivity index (χ1n) is 12.0. The Morgan fingerprint density at radius 2 is 1.34 bits per heavy atom. The lowest BCUT2D eigenvalue weighted by Crippen LogP contribution is -2.34. The van der Waals surface area contributed by atoms with Crippen LogP contribution in [0.15, 0.2) is 84.9 Å². The highest BCUT2D eigenvalue weighted by atomic mass is 16.5. The van der Waals surface area contributed by atoms with Crippen LogP contribution in [0, 0.1) is 0 Å². The third-order valence-corrected chi connectivity index (χ3v) is 6.53. The number of aliphatic hydroxyl groups is 1. The van der Waals surface area contributed by atoms with Crippen LogP contribution in [0.5, 0.6) is 5.75 Å². The van der Waals surface area contributed by atoms with Crippen molar-refractivity contribution >= 4 is 0 Å². The Morgan fingerprint density at radius 1 is 0.750 bits per heavy atom. The summed E-state index contributed by atoms with van der Waals surface area (Å²) in [6, 6.07) is 29.5. The van der Waals surface area contributed by atoms with E-state index in [1.54, 1.807) is 0 Å². The Balaban J connectivity index is 1.24. The monoisotopic (exact) mass is 429 g/mol. The Bertz CT molecular complexity index is 865. The normalized spacial score (nSPS) is 15.6. The SMILES string of the molecule is OC(CNCC(c1ccccc1)c1ccccc1)COc1ccc(C2CCCCC2)cc1. The molecule has 32 heavy (non-hydrogen) atoms. The molecule has 0 spiro atoms. The molecule has 168 valence electrons. The van der Waals surface area contributed by atoms with Gasteiger partial charge in [0.1, 0.15) is 18.5 Å². The standard InChI is InChI=1S/C29H35NO2/c31-27(22-32-28-18-16-24(17-19-28)23-10-4-1-5-11-23)20-30-21-29(25-12-6-2-7-13-25)26-14-8-3-9-15-26/h2-3,6-9,12-19,23,27,29-31H,1,4-5,10-11,20-22H2. The minimum absolute atomic E-state index is 0.248. The zero-order chi connectivity index (χ0) is 22.0. The summed E-state index contributed by atoms with van der Waals surface area (Å²) in [4.78, 5) is 0. The van der Waals surface area contributed by atoms with E-state index < -0.39 is 6.10 Å². The first kappa shape index (κ1) is 22.6. The summed E-state index contributed by atoms with van der Waals surface area (Å²) in [6.45, 7) is 1.55. The summed E-state index contributed by atoms with van der Waals surface area (Å²) in [6.07, 6.45) is 6.12. The first-order valence-corrected chi connectivity index (χ1v) is 12.0. The van der Waals surface area contributed by atoms with Crippen molar-refractivity contribution in [2.24, 2.45) is 0 Å². The maximum Gasteiger partial charge on any atom is 0.119 e. The maximum absolute atomic E-state index is 10.4. The average molecular weight is 430 g/mol. The van der Waals surface area contributed by atoms with Gasteiger partial charge in [-0.2, -0.15) is 0 Å². The molecule has 1 unspecified atom stereocenters. The second kappa shape index (κ2) is 11.8. The number of rotatable bonds is 10. The van der Waals surface area contributed by atoms with Crippen LogP contribution < -0.4 is 10.1 Å². The van der Waals surface area contributed by atoms with Gasteiger partial charge < -0.3 is 15.2 Å². The molecule has 1 fully saturated rings. The Morgan fingerprint density at radius 3 is 1.94 bits per heavy atom. The fraction of sp³-hybridized carbons (Fsp3) is 0.379. The molecule has 0 amide bonds. The van der Waals surface area contributed by atoms with Gasteiger partial charge in [0.25, 0.3) is 0 Å². The molecule has 1 atom stereocenters. The van der Waals surface area contributed by atoms with E-state index in [1.807, 2.05) is 24.3 Å². The van der Waals surface area contributed by atoms with Gasteiger partial charge in [-0.3, -0.25) is 0 Å². The molecule has 1 saturated carbocycles. The van der Waals surface area contributed by atoms with Crippen LogP contribution in [-0.4, -0.2) is 30.9 Å². The van der Waals surface area contributed by atoms with Crippen molar-refractivity contribution in [2.45, 2.75) is 50.0 Å². The number of ether oxygens (including phenoxy) is 1. The molecule has 3 aromatic carbocycles. The van der Waals surface area contributed by atoms with Gasteiger partial charge in [0.15, 0.2) is 0 Å². The van der Waals surface area contributed by atoms with Gasteiger partial charge in [-0.15, -0.1) is 0 Å². The Kier molecular flexibility index (Phi) is 8.35. The van der Waals surface area contributed by atoms with Crippen LogP contribution in [0.4, 0.5) is 0 Å². The van der Waals surface area contributed by atoms with E-state index in [0.717, 1.165) is 12.3 Å². The van der Waals surface area contributed by atoms with Crippen molar-refractivity contribution in [1.29, 1.82) is 0 Å². The molecule has 3 heteroatoms. The van der Waals surface area contributed by atoms with E-state index in [4.69, 9.17) is 4.74 Å². The predicted molar refractivity (Wildman–Crippen MR) is 131 cm³/mol. The molecule has 3 nitrogen and oxygen atoms in total. The van der Waals surface area contributed by atoms with Gasteiger partial charge in [-0.25, -0.2) is 0 Å². The molecule has 2 N–H and O–H groups in total. The fourth-order valence-electron chi connectivity index (χ4n) is 4.72. The zero-order valence-electron chi connectivity index (χ0n) is 18.8. The summed E-state index contributed by atoms with van der Waals surface area (Å²) in [5, 5.41) is 13.9. The topological polar surface area (TPSA) is 41.5 Å². The van der Waals surface area contributed by atoms with Gasteiger partial charge in [-0.1, -0.05) is 92.1 Å². The quantitative estimate of drug-likeness (QED) is 0.422. The highest BCUT2D eigenvalue weighted by molar-refractivity contribution is 5.33. The molecule has 1 aliphatic rings. The lowest BCUT2D eigenvalue weighted by molar-refractivity contribution is 0.106. The van der Waals surface area contributed by atoms with Crippen molar-refractivity contribution in [3.8, 4) is 5.75 Å². The van der Waals surface area contributed by atoms with Crippen LogP contribution >= 0.6 is 0 Å².